The smallest absolute Gasteiger partial charge is 0.417 e. The van der Waals surface area contributed by atoms with Crippen LogP contribution in [0.3, 0.4) is 0 Å². The van der Waals surface area contributed by atoms with E-state index in [0.29, 0.717) is 17.9 Å². The van der Waals surface area contributed by atoms with E-state index in [2.05, 4.69) is 15.6 Å². The van der Waals surface area contributed by atoms with Crippen molar-refractivity contribution >= 4 is 23.6 Å². The van der Waals surface area contributed by atoms with Crippen molar-refractivity contribution in [2.45, 2.75) is 25.6 Å². The van der Waals surface area contributed by atoms with E-state index in [1.165, 1.54) is 53.5 Å². The highest BCUT2D eigenvalue weighted by Gasteiger charge is 2.37. The topological polar surface area (TPSA) is 94.7 Å². The van der Waals surface area contributed by atoms with Crippen LogP contribution in [0.5, 0.6) is 5.75 Å². The SMILES string of the molecule is CCCOc1ccc(-c2cc(C(C(=O)OC)n3cnc4c3C=CN(c3ccccc3F)N4)on2)c(C(F)(F)F)c1. The Morgan fingerprint density at radius 3 is 2.70 bits per heavy atom. The zero-order valence-electron chi connectivity index (χ0n) is 21.3. The van der Waals surface area contributed by atoms with E-state index in [1.54, 1.807) is 24.3 Å². The molecule has 0 spiro atoms. The van der Waals surface area contributed by atoms with Gasteiger partial charge in [0.25, 0.3) is 0 Å². The van der Waals surface area contributed by atoms with E-state index in [4.69, 9.17) is 14.0 Å². The van der Waals surface area contributed by atoms with Gasteiger partial charge in [-0.05, 0) is 42.8 Å². The Kier molecular flexibility index (Phi) is 7.20. The number of alkyl halides is 3. The molecule has 5 rings (SSSR count). The van der Waals surface area contributed by atoms with Gasteiger partial charge in [0.1, 0.15) is 17.3 Å². The molecular weight excluding hydrogens is 534 g/mol. The summed E-state index contributed by atoms with van der Waals surface area (Å²) in [5, 5.41) is 5.25. The van der Waals surface area contributed by atoms with Crippen LogP contribution in [0.15, 0.2) is 65.6 Å². The second-order valence-electron chi connectivity index (χ2n) is 8.73. The minimum absolute atomic E-state index is 0.0721. The van der Waals surface area contributed by atoms with Gasteiger partial charge in [-0.25, -0.2) is 14.2 Å². The zero-order valence-corrected chi connectivity index (χ0v) is 21.3. The van der Waals surface area contributed by atoms with Crippen molar-refractivity contribution in [1.82, 2.24) is 14.7 Å². The largest absolute Gasteiger partial charge is 0.494 e. The second kappa shape index (κ2) is 10.8. The summed E-state index contributed by atoms with van der Waals surface area (Å²) >= 11 is 0. The first-order chi connectivity index (χ1) is 19.2. The molecule has 1 atom stereocenters. The molecule has 4 aromatic rings. The van der Waals surface area contributed by atoms with Crippen molar-refractivity contribution in [3.8, 4) is 17.0 Å². The van der Waals surface area contributed by atoms with E-state index in [0.717, 1.165) is 6.07 Å². The highest BCUT2D eigenvalue weighted by Crippen LogP contribution is 2.40. The van der Waals surface area contributed by atoms with Crippen LogP contribution in [0.25, 0.3) is 17.3 Å². The molecule has 0 amide bonds. The number of hydrogen-bond donors (Lipinski definition) is 1. The van der Waals surface area contributed by atoms with Crippen molar-refractivity contribution in [1.29, 1.82) is 0 Å². The maximum absolute atomic E-state index is 14.3. The number of rotatable bonds is 8. The number of carbonyl (C=O) groups excluding carboxylic acids is 1. The summed E-state index contributed by atoms with van der Waals surface area (Å²) in [5.41, 5.74) is 2.27. The lowest BCUT2D eigenvalue weighted by Crippen LogP contribution is -2.28. The number of hydrazine groups is 1. The number of carbonyl (C=O) groups is 1. The number of halogens is 4. The predicted molar refractivity (Wildman–Crippen MR) is 137 cm³/mol. The minimum Gasteiger partial charge on any atom is -0.494 e. The van der Waals surface area contributed by atoms with E-state index in [9.17, 15) is 22.4 Å². The Labute approximate surface area is 225 Å². The zero-order chi connectivity index (χ0) is 28.4. The van der Waals surface area contributed by atoms with Crippen molar-refractivity contribution in [2.24, 2.45) is 0 Å². The molecule has 1 aliphatic rings. The van der Waals surface area contributed by atoms with E-state index >= 15 is 0 Å². The Morgan fingerprint density at radius 2 is 1.98 bits per heavy atom. The highest BCUT2D eigenvalue weighted by molar-refractivity contribution is 5.80. The number of methoxy groups -OCH3 is 1. The number of esters is 1. The highest BCUT2D eigenvalue weighted by atomic mass is 19.4. The maximum Gasteiger partial charge on any atom is 0.417 e. The Hall–Kier alpha value is -4.81. The lowest BCUT2D eigenvalue weighted by atomic mass is 10.0. The molecule has 208 valence electrons. The van der Waals surface area contributed by atoms with Crippen molar-refractivity contribution in [2.75, 3.05) is 24.2 Å². The molecule has 0 aliphatic carbocycles. The van der Waals surface area contributed by atoms with Gasteiger partial charge in [-0.3, -0.25) is 10.4 Å². The summed E-state index contributed by atoms with van der Waals surface area (Å²) < 4.78 is 73.2. The molecule has 1 aliphatic heterocycles. The predicted octanol–water partition coefficient (Wildman–Crippen LogP) is 6.07. The van der Waals surface area contributed by atoms with Gasteiger partial charge in [-0.15, -0.1) is 0 Å². The maximum atomic E-state index is 14.3. The Morgan fingerprint density at radius 1 is 1.18 bits per heavy atom. The average Bonchev–Trinajstić information content (AvgIpc) is 3.59. The van der Waals surface area contributed by atoms with Crippen LogP contribution in [0.4, 0.5) is 29.1 Å². The normalized spacial score (nSPS) is 13.5. The van der Waals surface area contributed by atoms with Gasteiger partial charge in [0, 0.05) is 17.8 Å². The first kappa shape index (κ1) is 26.8. The summed E-state index contributed by atoms with van der Waals surface area (Å²) in [5.74, 6) is -0.949. The van der Waals surface area contributed by atoms with Crippen LogP contribution in [-0.2, 0) is 15.7 Å². The van der Waals surface area contributed by atoms with Gasteiger partial charge in [0.15, 0.2) is 17.6 Å². The molecule has 0 fully saturated rings. The number of ether oxygens (including phenoxy) is 2. The van der Waals surface area contributed by atoms with Crippen LogP contribution in [0.1, 0.15) is 36.4 Å². The van der Waals surface area contributed by atoms with E-state index in [-0.39, 0.29) is 35.1 Å². The van der Waals surface area contributed by atoms with Gasteiger partial charge in [-0.1, -0.05) is 24.2 Å². The third kappa shape index (κ3) is 5.09. The van der Waals surface area contributed by atoms with Crippen LogP contribution in [-0.4, -0.2) is 34.4 Å². The fraction of sp³-hybridized carbons (Fsp3) is 0.222. The molecule has 2 aromatic heterocycles. The number of fused-ring (bicyclic) bond motifs is 1. The van der Waals surface area contributed by atoms with Crippen LogP contribution < -0.4 is 15.2 Å². The molecule has 3 heterocycles. The summed E-state index contributed by atoms with van der Waals surface area (Å²) in [6.45, 7) is 2.11. The van der Waals surface area contributed by atoms with Crippen molar-refractivity contribution in [3.05, 3.63) is 83.9 Å². The average molecular weight is 558 g/mol. The Balaban J connectivity index is 1.50. The standard InChI is InChI=1S/C27H23F4N5O4/c1-3-12-39-16-8-9-17(18(13-16)27(29,30)31)20-14-23(40-34-20)24(26(37)38-2)35-15-32-25-22(35)10-11-36(33-25)21-7-5-4-6-19(21)28/h4-11,13-15,24,33H,3,12H2,1-2H3. The molecule has 40 heavy (non-hydrogen) atoms. The first-order valence-corrected chi connectivity index (χ1v) is 12.2. The molecule has 0 saturated carbocycles. The number of anilines is 2. The molecule has 2 aromatic carbocycles. The minimum atomic E-state index is -4.70. The molecule has 1 N–H and O–H groups in total. The lowest BCUT2D eigenvalue weighted by molar-refractivity contribution is -0.143. The van der Waals surface area contributed by atoms with Crippen LogP contribution in [0, 0.1) is 5.82 Å². The number of benzene rings is 2. The summed E-state index contributed by atoms with van der Waals surface area (Å²) in [6, 6.07) is 9.65. The van der Waals surface area contributed by atoms with E-state index < -0.39 is 29.6 Å². The number of nitrogens with one attached hydrogen (secondary N) is 1. The summed E-state index contributed by atoms with van der Waals surface area (Å²) in [4.78, 5) is 17.2. The van der Waals surface area contributed by atoms with Crippen molar-refractivity contribution in [3.63, 3.8) is 0 Å². The quantitative estimate of drug-likeness (QED) is 0.206. The number of aromatic nitrogens is 3. The molecule has 0 radical (unpaired) electrons. The number of nitrogens with zero attached hydrogens (tertiary/aromatic N) is 4. The van der Waals surface area contributed by atoms with Crippen molar-refractivity contribution < 1.29 is 36.4 Å². The lowest BCUT2D eigenvalue weighted by Gasteiger charge is -2.26. The van der Waals surface area contributed by atoms with Crippen LogP contribution >= 0.6 is 0 Å². The van der Waals surface area contributed by atoms with Gasteiger partial charge in [0.05, 0.1) is 37.0 Å². The molecule has 0 saturated heterocycles. The second-order valence-corrected chi connectivity index (χ2v) is 8.73. The third-order valence-electron chi connectivity index (χ3n) is 6.10. The fourth-order valence-electron chi connectivity index (χ4n) is 4.23. The molecule has 1 unspecified atom stereocenters. The molecular formula is C27H23F4N5O4. The monoisotopic (exact) mass is 557 g/mol. The molecule has 9 nitrogen and oxygen atoms in total. The summed E-state index contributed by atoms with van der Waals surface area (Å²) in [7, 11) is 1.17. The first-order valence-electron chi connectivity index (χ1n) is 12.2. The number of hydrogen-bond acceptors (Lipinski definition) is 8. The Bertz CT molecular complexity index is 1560. The van der Waals surface area contributed by atoms with Gasteiger partial charge in [-0.2, -0.15) is 13.2 Å². The molecule has 13 heteroatoms. The van der Waals surface area contributed by atoms with Crippen LogP contribution in [0.2, 0.25) is 0 Å². The van der Waals surface area contributed by atoms with Gasteiger partial charge >= 0.3 is 12.1 Å². The number of imidazole rings is 1. The number of para-hydroxylation sites is 1. The van der Waals surface area contributed by atoms with Gasteiger partial charge in [0.2, 0.25) is 0 Å². The third-order valence-corrected chi connectivity index (χ3v) is 6.10. The van der Waals surface area contributed by atoms with E-state index in [1.807, 2.05) is 6.92 Å². The molecule has 0 bridgehead atoms. The van der Waals surface area contributed by atoms with Gasteiger partial charge < -0.3 is 18.6 Å². The summed E-state index contributed by atoms with van der Waals surface area (Å²) in [6.07, 6.45) is 0.393. The fourth-order valence-corrected chi connectivity index (χ4v) is 4.23.